The van der Waals surface area contributed by atoms with Crippen molar-refractivity contribution in [2.45, 2.75) is 58.3 Å². The number of ether oxygens (including phenoxy) is 1. The van der Waals surface area contributed by atoms with Gasteiger partial charge >= 0.3 is 6.09 Å². The van der Waals surface area contributed by atoms with E-state index in [2.05, 4.69) is 5.16 Å². The van der Waals surface area contributed by atoms with E-state index in [1.165, 1.54) is 12.0 Å². The largest absolute Gasteiger partial charge is 0.444 e. The fourth-order valence-electron chi connectivity index (χ4n) is 2.04. The average molecular weight is 272 g/mol. The average Bonchev–Trinajstić information content (AvgIpc) is 2.59. The second kappa shape index (κ2) is 5.36. The van der Waals surface area contributed by atoms with E-state index < -0.39 is 17.3 Å². The van der Waals surface area contributed by atoms with E-state index in [4.69, 9.17) is 9.57 Å². The molecule has 0 aromatic carbocycles. The van der Waals surface area contributed by atoms with Crippen LogP contribution in [0.4, 0.5) is 4.79 Å². The predicted octanol–water partition coefficient (Wildman–Crippen LogP) is 1.77. The number of likely N-dealkylation sites (tertiary alicyclic amines) is 1. The van der Waals surface area contributed by atoms with Crippen LogP contribution < -0.4 is 0 Å². The summed E-state index contributed by atoms with van der Waals surface area (Å²) in [5.74, 6) is 0. The first-order chi connectivity index (χ1) is 8.54. The van der Waals surface area contributed by atoms with Gasteiger partial charge in [-0.3, -0.25) is 4.90 Å². The molecule has 1 atom stereocenters. The molecule has 1 heterocycles. The van der Waals surface area contributed by atoms with Gasteiger partial charge in [-0.25, -0.2) is 4.79 Å². The standard InChI is InChI=1S/C13H24N2O4/c1-12(2,3)19-11(16)15-8-9(14-18-6)7-10(15)13(4,5)17/h10,17H,7-8H2,1-6H3/t10-/m0/s1. The third-order valence-corrected chi connectivity index (χ3v) is 2.82. The quantitative estimate of drug-likeness (QED) is 0.778. The molecule has 0 aromatic rings. The number of hydrogen-bond acceptors (Lipinski definition) is 5. The van der Waals surface area contributed by atoms with Crippen LogP contribution in [0.3, 0.4) is 0 Å². The molecule has 1 aliphatic rings. The molecule has 0 radical (unpaired) electrons. The summed E-state index contributed by atoms with van der Waals surface area (Å²) in [6.07, 6.45) is 0.0391. The van der Waals surface area contributed by atoms with Crippen LogP contribution in [0.25, 0.3) is 0 Å². The lowest BCUT2D eigenvalue weighted by atomic mass is 9.96. The normalized spacial score (nSPS) is 22.8. The van der Waals surface area contributed by atoms with Crippen LogP contribution in [0.5, 0.6) is 0 Å². The van der Waals surface area contributed by atoms with Gasteiger partial charge in [0.15, 0.2) is 0 Å². The Morgan fingerprint density at radius 1 is 1.37 bits per heavy atom. The van der Waals surface area contributed by atoms with E-state index in [0.717, 1.165) is 5.71 Å². The van der Waals surface area contributed by atoms with Gasteiger partial charge in [0.2, 0.25) is 0 Å². The topological polar surface area (TPSA) is 71.4 Å². The molecular formula is C13H24N2O4. The van der Waals surface area contributed by atoms with Crippen LogP contribution in [0.1, 0.15) is 41.0 Å². The lowest BCUT2D eigenvalue weighted by Crippen LogP contribution is -2.49. The van der Waals surface area contributed by atoms with Crippen molar-refractivity contribution in [2.75, 3.05) is 13.7 Å². The first kappa shape index (κ1) is 15.8. The van der Waals surface area contributed by atoms with Crippen molar-refractivity contribution >= 4 is 11.8 Å². The highest BCUT2D eigenvalue weighted by Gasteiger charge is 2.43. The molecule has 0 aromatic heterocycles. The Morgan fingerprint density at radius 3 is 2.37 bits per heavy atom. The third-order valence-electron chi connectivity index (χ3n) is 2.82. The summed E-state index contributed by atoms with van der Waals surface area (Å²) < 4.78 is 5.35. The molecule has 0 unspecified atom stereocenters. The van der Waals surface area contributed by atoms with Crippen molar-refractivity contribution < 1.29 is 19.5 Å². The van der Waals surface area contributed by atoms with Gasteiger partial charge in [0, 0.05) is 6.42 Å². The molecule has 110 valence electrons. The van der Waals surface area contributed by atoms with Gasteiger partial charge in [0.1, 0.15) is 12.7 Å². The Bertz CT molecular complexity index is 366. The van der Waals surface area contributed by atoms with E-state index in [0.29, 0.717) is 13.0 Å². The summed E-state index contributed by atoms with van der Waals surface area (Å²) >= 11 is 0. The number of oxime groups is 1. The summed E-state index contributed by atoms with van der Waals surface area (Å²) in [5.41, 5.74) is -0.870. The van der Waals surface area contributed by atoms with Crippen molar-refractivity contribution in [3.8, 4) is 0 Å². The van der Waals surface area contributed by atoms with Crippen LogP contribution in [0, 0.1) is 0 Å². The highest BCUT2D eigenvalue weighted by molar-refractivity contribution is 5.92. The summed E-state index contributed by atoms with van der Waals surface area (Å²) in [6.45, 7) is 9.09. The fourth-order valence-corrected chi connectivity index (χ4v) is 2.04. The number of hydrogen-bond donors (Lipinski definition) is 1. The molecule has 1 fully saturated rings. The molecule has 0 bridgehead atoms. The Kier molecular flexibility index (Phi) is 4.45. The summed E-state index contributed by atoms with van der Waals surface area (Å²) in [6, 6.07) is -0.365. The summed E-state index contributed by atoms with van der Waals surface area (Å²) in [7, 11) is 1.46. The van der Waals surface area contributed by atoms with E-state index >= 15 is 0 Å². The zero-order valence-electron chi connectivity index (χ0n) is 12.6. The first-order valence-electron chi connectivity index (χ1n) is 6.35. The lowest BCUT2D eigenvalue weighted by Gasteiger charge is -2.34. The first-order valence-corrected chi connectivity index (χ1v) is 6.35. The molecule has 1 N–H and O–H groups in total. The Balaban J connectivity index is 2.89. The summed E-state index contributed by atoms with van der Waals surface area (Å²) in [5, 5.41) is 14.0. The number of aliphatic hydroxyl groups is 1. The number of carbonyl (C=O) groups excluding carboxylic acids is 1. The molecule has 1 rings (SSSR count). The minimum Gasteiger partial charge on any atom is -0.444 e. The SMILES string of the molecule is CON=C1C[C@@H](C(C)(C)O)N(C(=O)OC(C)(C)C)C1. The second-order valence-corrected chi connectivity index (χ2v) is 6.32. The fraction of sp³-hybridized carbons (Fsp3) is 0.846. The van der Waals surface area contributed by atoms with Crippen molar-refractivity contribution in [2.24, 2.45) is 5.16 Å². The lowest BCUT2D eigenvalue weighted by molar-refractivity contribution is -0.0240. The molecule has 1 amide bonds. The number of amides is 1. The van der Waals surface area contributed by atoms with Crippen molar-refractivity contribution in [1.29, 1.82) is 0 Å². The Morgan fingerprint density at radius 2 is 1.95 bits per heavy atom. The third kappa shape index (κ3) is 4.38. The van der Waals surface area contributed by atoms with Crippen LogP contribution in [-0.4, -0.2) is 52.7 Å². The van der Waals surface area contributed by atoms with Crippen LogP contribution >= 0.6 is 0 Å². The van der Waals surface area contributed by atoms with Crippen LogP contribution in [0.15, 0.2) is 5.16 Å². The van der Waals surface area contributed by atoms with Gasteiger partial charge in [0.05, 0.1) is 23.9 Å². The zero-order valence-corrected chi connectivity index (χ0v) is 12.6. The Labute approximate surface area is 114 Å². The monoisotopic (exact) mass is 272 g/mol. The summed E-state index contributed by atoms with van der Waals surface area (Å²) in [4.78, 5) is 18.4. The molecule has 0 spiro atoms. The minimum absolute atomic E-state index is 0.317. The molecule has 0 aliphatic carbocycles. The van der Waals surface area contributed by atoms with E-state index in [-0.39, 0.29) is 6.04 Å². The Hall–Kier alpha value is -1.30. The zero-order chi connectivity index (χ0) is 14.8. The maximum absolute atomic E-state index is 12.2. The van der Waals surface area contributed by atoms with E-state index in [1.807, 2.05) is 20.8 Å². The number of rotatable bonds is 2. The minimum atomic E-state index is -1.03. The van der Waals surface area contributed by atoms with Gasteiger partial charge < -0.3 is 14.7 Å². The molecule has 0 saturated carbocycles. The van der Waals surface area contributed by atoms with Crippen molar-refractivity contribution in [3.05, 3.63) is 0 Å². The number of carbonyl (C=O) groups is 1. The van der Waals surface area contributed by atoms with Gasteiger partial charge in [0.25, 0.3) is 0 Å². The van der Waals surface area contributed by atoms with Crippen molar-refractivity contribution in [1.82, 2.24) is 4.90 Å². The molecule has 19 heavy (non-hydrogen) atoms. The molecule has 6 heteroatoms. The molecular weight excluding hydrogens is 248 g/mol. The smallest absolute Gasteiger partial charge is 0.410 e. The van der Waals surface area contributed by atoms with E-state index in [9.17, 15) is 9.90 Å². The molecule has 6 nitrogen and oxygen atoms in total. The van der Waals surface area contributed by atoms with Gasteiger partial charge in [-0.05, 0) is 34.6 Å². The molecule has 1 aliphatic heterocycles. The van der Waals surface area contributed by atoms with Gasteiger partial charge in [-0.2, -0.15) is 0 Å². The maximum atomic E-state index is 12.2. The highest BCUT2D eigenvalue weighted by atomic mass is 16.6. The van der Waals surface area contributed by atoms with Gasteiger partial charge in [-0.15, -0.1) is 0 Å². The predicted molar refractivity (Wildman–Crippen MR) is 72.1 cm³/mol. The number of nitrogens with zero attached hydrogens (tertiary/aromatic N) is 2. The highest BCUT2D eigenvalue weighted by Crippen LogP contribution is 2.27. The van der Waals surface area contributed by atoms with Crippen LogP contribution in [0.2, 0.25) is 0 Å². The molecule has 1 saturated heterocycles. The van der Waals surface area contributed by atoms with E-state index in [1.54, 1.807) is 13.8 Å². The van der Waals surface area contributed by atoms with Crippen molar-refractivity contribution in [3.63, 3.8) is 0 Å². The second-order valence-electron chi connectivity index (χ2n) is 6.32. The maximum Gasteiger partial charge on any atom is 0.410 e. The van der Waals surface area contributed by atoms with Gasteiger partial charge in [-0.1, -0.05) is 5.16 Å². The van der Waals surface area contributed by atoms with Crippen LogP contribution in [-0.2, 0) is 9.57 Å².